The van der Waals surface area contributed by atoms with Gasteiger partial charge in [0.2, 0.25) is 5.13 Å². The number of carbonyl (C=O) groups excluding carboxylic acids is 1. The van der Waals surface area contributed by atoms with Gasteiger partial charge in [-0.05, 0) is 24.3 Å². The van der Waals surface area contributed by atoms with E-state index in [1.54, 1.807) is 42.5 Å². The Kier molecular flexibility index (Phi) is 5.70. The molecule has 2 aromatic heterocycles. The zero-order valence-corrected chi connectivity index (χ0v) is 15.0. The zero-order valence-electron chi connectivity index (χ0n) is 13.4. The van der Waals surface area contributed by atoms with Crippen LogP contribution in [0.4, 0.5) is 5.13 Å². The summed E-state index contributed by atoms with van der Waals surface area (Å²) in [5.41, 5.74) is 1.38. The minimum absolute atomic E-state index is 0.191. The van der Waals surface area contributed by atoms with Crippen LogP contribution >= 0.6 is 22.9 Å². The summed E-state index contributed by atoms with van der Waals surface area (Å²) in [4.78, 5) is 18.3. The molecule has 1 aromatic carbocycles. The van der Waals surface area contributed by atoms with E-state index in [2.05, 4.69) is 15.2 Å². The smallest absolute Gasteiger partial charge is 0.261 e. The van der Waals surface area contributed by atoms with Crippen molar-refractivity contribution >= 4 is 34.0 Å². The summed E-state index contributed by atoms with van der Waals surface area (Å²) >= 11 is 7.25. The second kappa shape index (κ2) is 8.15. The predicted molar refractivity (Wildman–Crippen MR) is 98.1 cm³/mol. The number of carbonyl (C=O) groups is 1. The number of anilines is 1. The number of ether oxygens (including phenoxy) is 1. The number of rotatable bonds is 6. The molecule has 0 aliphatic carbocycles. The fourth-order valence-electron chi connectivity index (χ4n) is 2.15. The normalized spacial score (nSPS) is 10.6. The van der Waals surface area contributed by atoms with Crippen LogP contribution in [0.15, 0.2) is 48.8 Å². The van der Waals surface area contributed by atoms with Crippen molar-refractivity contribution in [1.29, 1.82) is 0 Å². The molecular formula is C17H15ClN4O2S. The molecule has 2 heterocycles. The highest BCUT2D eigenvalue weighted by Crippen LogP contribution is 2.30. The Balaban J connectivity index is 1.89. The number of methoxy groups -OCH3 is 1. The predicted octanol–water partition coefficient (Wildman–Crippen LogP) is 3.55. The molecule has 0 radical (unpaired) electrons. The van der Waals surface area contributed by atoms with Crippen LogP contribution in [0.3, 0.4) is 0 Å². The Bertz CT molecular complexity index is 839. The van der Waals surface area contributed by atoms with Gasteiger partial charge in [0.15, 0.2) is 0 Å². The van der Waals surface area contributed by atoms with Crippen LogP contribution in [-0.2, 0) is 4.74 Å². The number of pyridine rings is 1. The number of hydrogen-bond acceptors (Lipinski definition) is 6. The first kappa shape index (κ1) is 17.5. The molecule has 0 aliphatic heterocycles. The molecule has 0 unspecified atom stereocenters. The SMILES string of the molecule is COCCN(C(=O)c1cccnc1)c1nnc(-c2ccc(Cl)cc2)s1. The van der Waals surface area contributed by atoms with Gasteiger partial charge >= 0.3 is 0 Å². The molecule has 0 spiro atoms. The second-order valence-corrected chi connectivity index (χ2v) is 6.48. The standard InChI is InChI=1S/C17H15ClN4O2S/c1-24-10-9-22(16(23)13-3-2-8-19-11-13)17-21-20-15(25-17)12-4-6-14(18)7-5-12/h2-8,11H,9-10H2,1H3. The quantitative estimate of drug-likeness (QED) is 0.660. The molecule has 3 rings (SSSR count). The number of nitrogens with zero attached hydrogens (tertiary/aromatic N) is 4. The van der Waals surface area contributed by atoms with E-state index < -0.39 is 0 Å². The van der Waals surface area contributed by atoms with Gasteiger partial charge in [-0.25, -0.2) is 0 Å². The maximum absolute atomic E-state index is 12.8. The molecule has 0 N–H and O–H groups in total. The number of halogens is 1. The number of aromatic nitrogens is 3. The molecule has 0 bridgehead atoms. The third kappa shape index (κ3) is 4.19. The number of benzene rings is 1. The monoisotopic (exact) mass is 374 g/mol. The maximum atomic E-state index is 12.8. The van der Waals surface area contributed by atoms with Crippen molar-refractivity contribution in [3.05, 3.63) is 59.4 Å². The molecule has 8 heteroatoms. The van der Waals surface area contributed by atoms with Crippen molar-refractivity contribution in [3.8, 4) is 10.6 Å². The van der Waals surface area contributed by atoms with E-state index >= 15 is 0 Å². The summed E-state index contributed by atoms with van der Waals surface area (Å²) in [6, 6.07) is 10.8. The summed E-state index contributed by atoms with van der Waals surface area (Å²) in [6.45, 7) is 0.765. The molecule has 128 valence electrons. The highest BCUT2D eigenvalue weighted by molar-refractivity contribution is 7.18. The van der Waals surface area contributed by atoms with E-state index in [1.807, 2.05) is 12.1 Å². The van der Waals surface area contributed by atoms with Crippen LogP contribution < -0.4 is 4.90 Å². The van der Waals surface area contributed by atoms with Gasteiger partial charge in [0.1, 0.15) is 5.01 Å². The Hall–Kier alpha value is -2.35. The molecule has 1 amide bonds. The summed E-state index contributed by atoms with van der Waals surface area (Å²) in [5, 5.41) is 10.3. The average Bonchev–Trinajstić information content (AvgIpc) is 3.13. The Morgan fingerprint density at radius 1 is 1.24 bits per heavy atom. The first-order valence-corrected chi connectivity index (χ1v) is 8.69. The largest absolute Gasteiger partial charge is 0.383 e. The van der Waals surface area contributed by atoms with Crippen LogP contribution in [0.5, 0.6) is 0 Å². The van der Waals surface area contributed by atoms with Crippen molar-refractivity contribution in [3.63, 3.8) is 0 Å². The van der Waals surface area contributed by atoms with Gasteiger partial charge in [0, 0.05) is 30.1 Å². The van der Waals surface area contributed by atoms with Crippen molar-refractivity contribution in [2.75, 3.05) is 25.2 Å². The number of hydrogen-bond donors (Lipinski definition) is 0. The summed E-state index contributed by atoms with van der Waals surface area (Å²) < 4.78 is 5.12. The van der Waals surface area contributed by atoms with E-state index in [0.29, 0.717) is 33.9 Å². The molecule has 0 atom stereocenters. The molecule has 0 fully saturated rings. The van der Waals surface area contributed by atoms with Crippen LogP contribution in [0, 0.1) is 0 Å². The fourth-order valence-corrected chi connectivity index (χ4v) is 3.15. The average molecular weight is 375 g/mol. The van der Waals surface area contributed by atoms with Crippen molar-refractivity contribution < 1.29 is 9.53 Å². The van der Waals surface area contributed by atoms with Crippen LogP contribution in [-0.4, -0.2) is 41.3 Å². The lowest BCUT2D eigenvalue weighted by molar-refractivity contribution is 0.0975. The highest BCUT2D eigenvalue weighted by Gasteiger charge is 2.22. The van der Waals surface area contributed by atoms with Crippen molar-refractivity contribution in [2.24, 2.45) is 0 Å². The van der Waals surface area contributed by atoms with E-state index in [0.717, 1.165) is 5.56 Å². The summed E-state index contributed by atoms with van der Waals surface area (Å²) in [5.74, 6) is -0.191. The van der Waals surface area contributed by atoms with Crippen LogP contribution in [0.1, 0.15) is 10.4 Å². The summed E-state index contributed by atoms with van der Waals surface area (Å²) in [7, 11) is 1.59. The van der Waals surface area contributed by atoms with Gasteiger partial charge in [0.25, 0.3) is 5.91 Å². The lowest BCUT2D eigenvalue weighted by Gasteiger charge is -2.18. The molecule has 0 saturated carbocycles. The van der Waals surface area contributed by atoms with Gasteiger partial charge in [-0.3, -0.25) is 14.7 Å². The third-order valence-electron chi connectivity index (χ3n) is 3.41. The van der Waals surface area contributed by atoms with Gasteiger partial charge in [0.05, 0.1) is 18.7 Å². The van der Waals surface area contributed by atoms with Gasteiger partial charge in [-0.15, -0.1) is 10.2 Å². The van der Waals surface area contributed by atoms with Gasteiger partial charge < -0.3 is 4.74 Å². The molecule has 25 heavy (non-hydrogen) atoms. The van der Waals surface area contributed by atoms with Crippen LogP contribution in [0.2, 0.25) is 5.02 Å². The lowest BCUT2D eigenvalue weighted by atomic mass is 10.2. The topological polar surface area (TPSA) is 68.2 Å². The van der Waals surface area contributed by atoms with E-state index in [1.165, 1.54) is 17.5 Å². The van der Waals surface area contributed by atoms with Crippen molar-refractivity contribution in [1.82, 2.24) is 15.2 Å². The molecule has 0 aliphatic rings. The van der Waals surface area contributed by atoms with E-state index in [-0.39, 0.29) is 5.91 Å². The van der Waals surface area contributed by atoms with Crippen LogP contribution in [0.25, 0.3) is 10.6 Å². The fraction of sp³-hybridized carbons (Fsp3) is 0.176. The third-order valence-corrected chi connectivity index (χ3v) is 4.66. The minimum atomic E-state index is -0.191. The van der Waals surface area contributed by atoms with E-state index in [9.17, 15) is 4.79 Å². The van der Waals surface area contributed by atoms with Gasteiger partial charge in [-0.2, -0.15) is 0 Å². The first-order chi connectivity index (χ1) is 12.2. The second-order valence-electron chi connectivity index (χ2n) is 5.09. The molecule has 3 aromatic rings. The Morgan fingerprint density at radius 3 is 2.72 bits per heavy atom. The summed E-state index contributed by atoms with van der Waals surface area (Å²) in [6.07, 6.45) is 3.16. The molecule has 6 nitrogen and oxygen atoms in total. The Morgan fingerprint density at radius 2 is 2.04 bits per heavy atom. The first-order valence-electron chi connectivity index (χ1n) is 7.49. The maximum Gasteiger partial charge on any atom is 0.261 e. The molecular weight excluding hydrogens is 360 g/mol. The lowest BCUT2D eigenvalue weighted by Crippen LogP contribution is -2.34. The minimum Gasteiger partial charge on any atom is -0.383 e. The van der Waals surface area contributed by atoms with Gasteiger partial charge in [-0.1, -0.05) is 35.1 Å². The zero-order chi connectivity index (χ0) is 17.6. The molecule has 0 saturated heterocycles. The number of amides is 1. The Labute approximate surface area is 154 Å². The highest BCUT2D eigenvalue weighted by atomic mass is 35.5. The van der Waals surface area contributed by atoms with Crippen molar-refractivity contribution in [2.45, 2.75) is 0 Å². The van der Waals surface area contributed by atoms with E-state index in [4.69, 9.17) is 16.3 Å².